The second-order valence-electron chi connectivity index (χ2n) is 3.98. The Hall–Kier alpha value is -1.60. The van der Waals surface area contributed by atoms with Crippen molar-refractivity contribution in [1.82, 2.24) is 9.36 Å². The number of thioether (sulfide) groups is 1. The number of carbonyl (C=O) groups excluding carboxylic acids is 1. The number of aryl methyl sites for hydroxylation is 1. The highest BCUT2D eigenvalue weighted by molar-refractivity contribution is 8.02. The van der Waals surface area contributed by atoms with Gasteiger partial charge in [0.25, 0.3) is 0 Å². The predicted octanol–water partition coefficient (Wildman–Crippen LogP) is 2.55. The second-order valence-corrected chi connectivity index (χ2v) is 6.32. The Morgan fingerprint density at radius 1 is 1.42 bits per heavy atom. The largest absolute Gasteiger partial charge is 0.399 e. The van der Waals surface area contributed by atoms with Crippen molar-refractivity contribution in [1.29, 1.82) is 0 Å². The standard InChI is InChI=1S/C12H14N4OS2/c1-7(18-12-14-8(2)16-19-12)11(17)15-10-5-3-9(13)4-6-10/h3-7H,13H2,1-2H3,(H,15,17). The Morgan fingerprint density at radius 2 is 2.11 bits per heavy atom. The number of nitrogens with zero attached hydrogens (tertiary/aromatic N) is 2. The number of nitrogen functional groups attached to an aromatic ring is 1. The van der Waals surface area contributed by atoms with E-state index in [-0.39, 0.29) is 11.2 Å². The molecule has 2 rings (SSSR count). The van der Waals surface area contributed by atoms with Crippen molar-refractivity contribution in [2.45, 2.75) is 23.4 Å². The quantitative estimate of drug-likeness (QED) is 0.669. The zero-order chi connectivity index (χ0) is 13.8. The van der Waals surface area contributed by atoms with Gasteiger partial charge in [-0.2, -0.15) is 4.37 Å². The van der Waals surface area contributed by atoms with Crippen molar-refractivity contribution in [3.8, 4) is 0 Å². The predicted molar refractivity (Wildman–Crippen MR) is 79.4 cm³/mol. The zero-order valence-electron chi connectivity index (χ0n) is 10.6. The van der Waals surface area contributed by atoms with E-state index in [4.69, 9.17) is 5.73 Å². The molecule has 1 heterocycles. The van der Waals surface area contributed by atoms with Crippen LogP contribution in [0.25, 0.3) is 0 Å². The van der Waals surface area contributed by atoms with Crippen LogP contribution >= 0.6 is 23.3 Å². The van der Waals surface area contributed by atoms with Gasteiger partial charge in [0.1, 0.15) is 5.82 Å². The molecule has 7 heteroatoms. The van der Waals surface area contributed by atoms with E-state index >= 15 is 0 Å². The lowest BCUT2D eigenvalue weighted by Gasteiger charge is -2.10. The molecule has 0 radical (unpaired) electrons. The molecule has 1 amide bonds. The molecule has 0 fully saturated rings. The Labute approximate surface area is 119 Å². The molecule has 2 aromatic rings. The number of benzene rings is 1. The normalized spacial score (nSPS) is 12.1. The number of rotatable bonds is 4. The van der Waals surface area contributed by atoms with Crippen LogP contribution in [-0.2, 0) is 4.79 Å². The number of nitrogens with two attached hydrogens (primary N) is 1. The maximum Gasteiger partial charge on any atom is 0.237 e. The molecule has 1 unspecified atom stereocenters. The SMILES string of the molecule is Cc1nsc(SC(C)C(=O)Nc2ccc(N)cc2)n1. The van der Waals surface area contributed by atoms with Crippen LogP contribution in [0, 0.1) is 6.92 Å². The smallest absolute Gasteiger partial charge is 0.237 e. The molecule has 1 aromatic carbocycles. The summed E-state index contributed by atoms with van der Waals surface area (Å²) in [5.74, 6) is 0.668. The van der Waals surface area contributed by atoms with Crippen LogP contribution in [-0.4, -0.2) is 20.5 Å². The van der Waals surface area contributed by atoms with Crippen LogP contribution in [0.15, 0.2) is 28.6 Å². The number of carbonyl (C=O) groups is 1. The van der Waals surface area contributed by atoms with Crippen molar-refractivity contribution in [2.75, 3.05) is 11.1 Å². The average molecular weight is 294 g/mol. The van der Waals surface area contributed by atoms with E-state index in [0.717, 1.165) is 15.9 Å². The fraction of sp³-hybridized carbons (Fsp3) is 0.250. The van der Waals surface area contributed by atoms with Gasteiger partial charge in [-0.05, 0) is 49.6 Å². The van der Waals surface area contributed by atoms with Gasteiger partial charge >= 0.3 is 0 Å². The van der Waals surface area contributed by atoms with Crippen LogP contribution in [0.5, 0.6) is 0 Å². The second kappa shape index (κ2) is 6.03. The first-order valence-corrected chi connectivity index (χ1v) is 7.33. The van der Waals surface area contributed by atoms with Crippen LogP contribution in [0.3, 0.4) is 0 Å². The van der Waals surface area contributed by atoms with E-state index in [2.05, 4.69) is 14.7 Å². The highest BCUT2D eigenvalue weighted by atomic mass is 32.2. The van der Waals surface area contributed by atoms with Crippen molar-refractivity contribution in [3.63, 3.8) is 0 Å². The summed E-state index contributed by atoms with van der Waals surface area (Å²) in [5, 5.41) is 2.61. The van der Waals surface area contributed by atoms with Crippen LogP contribution in [0.2, 0.25) is 0 Å². The van der Waals surface area contributed by atoms with Gasteiger partial charge in [-0.15, -0.1) is 0 Å². The summed E-state index contributed by atoms with van der Waals surface area (Å²) in [6.07, 6.45) is 0. The molecule has 0 aliphatic rings. The first kappa shape index (κ1) is 13.8. The first-order chi connectivity index (χ1) is 9.04. The number of amides is 1. The highest BCUT2D eigenvalue weighted by Gasteiger charge is 2.16. The molecule has 0 spiro atoms. The van der Waals surface area contributed by atoms with E-state index < -0.39 is 0 Å². The third-order valence-corrected chi connectivity index (χ3v) is 4.31. The summed E-state index contributed by atoms with van der Waals surface area (Å²) < 4.78 is 4.89. The van der Waals surface area contributed by atoms with Gasteiger partial charge in [0.2, 0.25) is 5.91 Å². The van der Waals surface area contributed by atoms with E-state index in [1.165, 1.54) is 23.3 Å². The summed E-state index contributed by atoms with van der Waals surface area (Å²) in [4.78, 5) is 16.2. The van der Waals surface area contributed by atoms with Crippen molar-refractivity contribution in [3.05, 3.63) is 30.1 Å². The van der Waals surface area contributed by atoms with Crippen LogP contribution in [0.4, 0.5) is 11.4 Å². The van der Waals surface area contributed by atoms with Crippen molar-refractivity contribution >= 4 is 40.6 Å². The van der Waals surface area contributed by atoms with E-state index in [1.54, 1.807) is 24.3 Å². The summed E-state index contributed by atoms with van der Waals surface area (Å²) >= 11 is 2.71. The minimum absolute atomic E-state index is 0.0670. The lowest BCUT2D eigenvalue weighted by Crippen LogP contribution is -2.22. The fourth-order valence-electron chi connectivity index (χ4n) is 1.34. The summed E-state index contributed by atoms with van der Waals surface area (Å²) in [6.45, 7) is 3.67. The molecule has 3 N–H and O–H groups in total. The molecule has 0 aliphatic heterocycles. The summed E-state index contributed by atoms with van der Waals surface area (Å²) in [5.41, 5.74) is 7.00. The number of hydrogen-bond acceptors (Lipinski definition) is 6. The molecular formula is C12H14N4OS2. The third kappa shape index (κ3) is 3.93. The van der Waals surface area contributed by atoms with Gasteiger partial charge in [-0.25, -0.2) is 4.98 Å². The molecule has 100 valence electrons. The summed E-state index contributed by atoms with van der Waals surface area (Å²) in [6, 6.07) is 7.06. The van der Waals surface area contributed by atoms with Gasteiger partial charge in [0.15, 0.2) is 4.34 Å². The Morgan fingerprint density at radius 3 is 2.68 bits per heavy atom. The number of aromatic nitrogens is 2. The highest BCUT2D eigenvalue weighted by Crippen LogP contribution is 2.25. The summed E-state index contributed by atoms with van der Waals surface area (Å²) in [7, 11) is 0. The van der Waals surface area contributed by atoms with Gasteiger partial charge < -0.3 is 11.1 Å². The first-order valence-electron chi connectivity index (χ1n) is 5.68. The lowest BCUT2D eigenvalue weighted by atomic mass is 10.3. The third-order valence-electron chi connectivity index (χ3n) is 2.33. The maximum absolute atomic E-state index is 12.0. The van der Waals surface area contributed by atoms with Gasteiger partial charge in [-0.3, -0.25) is 4.79 Å². The maximum atomic E-state index is 12.0. The molecule has 0 aliphatic carbocycles. The van der Waals surface area contributed by atoms with Crippen molar-refractivity contribution in [2.24, 2.45) is 0 Å². The van der Waals surface area contributed by atoms with Crippen LogP contribution in [0.1, 0.15) is 12.7 Å². The minimum atomic E-state index is -0.232. The fourth-order valence-corrected chi connectivity index (χ4v) is 3.14. The molecule has 19 heavy (non-hydrogen) atoms. The molecule has 0 saturated carbocycles. The molecule has 0 bridgehead atoms. The lowest BCUT2D eigenvalue weighted by molar-refractivity contribution is -0.115. The zero-order valence-corrected chi connectivity index (χ0v) is 12.2. The molecule has 1 aromatic heterocycles. The molecule has 0 saturated heterocycles. The van der Waals surface area contributed by atoms with Gasteiger partial charge in [-0.1, -0.05) is 11.8 Å². The van der Waals surface area contributed by atoms with Gasteiger partial charge in [0, 0.05) is 11.4 Å². The van der Waals surface area contributed by atoms with E-state index in [0.29, 0.717) is 5.69 Å². The number of anilines is 2. The van der Waals surface area contributed by atoms with Crippen molar-refractivity contribution < 1.29 is 4.79 Å². The molecule has 1 atom stereocenters. The molecule has 5 nitrogen and oxygen atoms in total. The molecular weight excluding hydrogens is 280 g/mol. The minimum Gasteiger partial charge on any atom is -0.399 e. The number of nitrogens with one attached hydrogen (secondary N) is 1. The van der Waals surface area contributed by atoms with Gasteiger partial charge in [0.05, 0.1) is 5.25 Å². The number of hydrogen-bond donors (Lipinski definition) is 2. The average Bonchev–Trinajstić information content (AvgIpc) is 2.77. The Kier molecular flexibility index (Phi) is 4.39. The monoisotopic (exact) mass is 294 g/mol. The van der Waals surface area contributed by atoms with E-state index in [1.807, 2.05) is 13.8 Å². The van der Waals surface area contributed by atoms with Crippen LogP contribution < -0.4 is 11.1 Å². The Balaban J connectivity index is 1.94. The Bertz CT molecular complexity index is 567. The topological polar surface area (TPSA) is 80.9 Å². The van der Waals surface area contributed by atoms with E-state index in [9.17, 15) is 4.79 Å².